The highest BCUT2D eigenvalue weighted by molar-refractivity contribution is 5.90. The Balaban J connectivity index is 2.12. The number of hydrogen-bond acceptors (Lipinski definition) is 5. The third-order valence-corrected chi connectivity index (χ3v) is 3.58. The number of fused-ring (bicyclic) bond motifs is 1. The summed E-state index contributed by atoms with van der Waals surface area (Å²) in [6.07, 6.45) is 4.29. The molecule has 0 bridgehead atoms. The molecule has 0 aliphatic rings. The third kappa shape index (κ3) is 2.89. The maximum atomic E-state index is 9.43. The number of hydrogen-bond donors (Lipinski definition) is 2. The van der Waals surface area contributed by atoms with E-state index >= 15 is 0 Å². The SMILES string of the molecule is CCC(CO)Nc1nc(-c2cccnc2)nc2ccccc12. The maximum absolute atomic E-state index is 9.43. The Hall–Kier alpha value is -2.53. The van der Waals surface area contributed by atoms with Crippen molar-refractivity contribution < 1.29 is 5.11 Å². The van der Waals surface area contributed by atoms with Crippen LogP contribution >= 0.6 is 0 Å². The summed E-state index contributed by atoms with van der Waals surface area (Å²) in [5, 5.41) is 13.7. The molecule has 0 fully saturated rings. The lowest BCUT2D eigenvalue weighted by molar-refractivity contribution is 0.271. The van der Waals surface area contributed by atoms with Gasteiger partial charge >= 0.3 is 0 Å². The number of benzene rings is 1. The summed E-state index contributed by atoms with van der Waals surface area (Å²) in [5.74, 6) is 1.37. The van der Waals surface area contributed by atoms with Gasteiger partial charge in [0.25, 0.3) is 0 Å². The number of aromatic nitrogens is 3. The Morgan fingerprint density at radius 2 is 2.00 bits per heavy atom. The van der Waals surface area contributed by atoms with Crippen LogP contribution in [0.25, 0.3) is 22.3 Å². The summed E-state index contributed by atoms with van der Waals surface area (Å²) in [4.78, 5) is 13.4. The lowest BCUT2D eigenvalue weighted by Crippen LogP contribution is -2.23. The van der Waals surface area contributed by atoms with Gasteiger partial charge in [0.2, 0.25) is 0 Å². The topological polar surface area (TPSA) is 70.9 Å². The number of aliphatic hydroxyl groups is 1. The third-order valence-electron chi connectivity index (χ3n) is 3.58. The summed E-state index contributed by atoms with van der Waals surface area (Å²) in [6.45, 7) is 2.09. The second kappa shape index (κ2) is 6.49. The summed E-state index contributed by atoms with van der Waals surface area (Å²) >= 11 is 0. The number of nitrogens with zero attached hydrogens (tertiary/aromatic N) is 3. The van der Waals surface area contributed by atoms with E-state index in [2.05, 4.69) is 20.3 Å². The minimum absolute atomic E-state index is 0.0277. The first-order valence-electron chi connectivity index (χ1n) is 7.36. The van der Waals surface area contributed by atoms with Crippen molar-refractivity contribution in [2.45, 2.75) is 19.4 Å². The van der Waals surface area contributed by atoms with E-state index in [0.29, 0.717) is 5.82 Å². The molecule has 2 N–H and O–H groups in total. The molecule has 5 heteroatoms. The molecule has 2 aromatic heterocycles. The van der Waals surface area contributed by atoms with Crippen molar-refractivity contribution >= 4 is 16.7 Å². The van der Waals surface area contributed by atoms with Crippen LogP contribution in [0.3, 0.4) is 0 Å². The molecule has 0 spiro atoms. The van der Waals surface area contributed by atoms with Crippen LogP contribution in [-0.2, 0) is 0 Å². The minimum Gasteiger partial charge on any atom is -0.394 e. The highest BCUT2D eigenvalue weighted by Crippen LogP contribution is 2.25. The molecular weight excluding hydrogens is 276 g/mol. The fourth-order valence-corrected chi connectivity index (χ4v) is 2.28. The van der Waals surface area contributed by atoms with Crippen molar-refractivity contribution in [1.29, 1.82) is 0 Å². The number of para-hydroxylation sites is 1. The van der Waals surface area contributed by atoms with Gasteiger partial charge in [0.15, 0.2) is 5.82 Å². The van der Waals surface area contributed by atoms with Crippen molar-refractivity contribution in [2.75, 3.05) is 11.9 Å². The van der Waals surface area contributed by atoms with Gasteiger partial charge in [-0.2, -0.15) is 0 Å². The van der Waals surface area contributed by atoms with Gasteiger partial charge in [0, 0.05) is 23.3 Å². The van der Waals surface area contributed by atoms with Crippen LogP contribution in [0.2, 0.25) is 0 Å². The number of anilines is 1. The van der Waals surface area contributed by atoms with Gasteiger partial charge in [-0.05, 0) is 30.7 Å². The highest BCUT2D eigenvalue weighted by atomic mass is 16.3. The van der Waals surface area contributed by atoms with E-state index in [0.717, 1.165) is 28.7 Å². The predicted octanol–water partition coefficient (Wildman–Crippen LogP) is 2.87. The summed E-state index contributed by atoms with van der Waals surface area (Å²) < 4.78 is 0. The average molecular weight is 294 g/mol. The predicted molar refractivity (Wildman–Crippen MR) is 87.6 cm³/mol. The maximum Gasteiger partial charge on any atom is 0.163 e. The van der Waals surface area contributed by atoms with Gasteiger partial charge in [-0.3, -0.25) is 4.98 Å². The number of pyridine rings is 1. The number of aliphatic hydroxyl groups excluding tert-OH is 1. The van der Waals surface area contributed by atoms with Gasteiger partial charge in [0.1, 0.15) is 5.82 Å². The molecule has 3 rings (SSSR count). The minimum atomic E-state index is -0.0277. The van der Waals surface area contributed by atoms with Crippen LogP contribution in [0, 0.1) is 0 Å². The van der Waals surface area contributed by atoms with Crippen LogP contribution in [0.15, 0.2) is 48.8 Å². The zero-order valence-electron chi connectivity index (χ0n) is 12.4. The van der Waals surface area contributed by atoms with Crippen molar-refractivity contribution in [1.82, 2.24) is 15.0 Å². The molecule has 0 saturated heterocycles. The highest BCUT2D eigenvalue weighted by Gasteiger charge is 2.12. The molecule has 0 radical (unpaired) electrons. The van der Waals surface area contributed by atoms with Crippen LogP contribution in [-0.4, -0.2) is 32.7 Å². The van der Waals surface area contributed by atoms with E-state index in [1.165, 1.54) is 0 Å². The average Bonchev–Trinajstić information content (AvgIpc) is 2.60. The molecule has 1 unspecified atom stereocenters. The first-order valence-corrected chi connectivity index (χ1v) is 7.36. The number of nitrogens with one attached hydrogen (secondary N) is 1. The standard InChI is InChI=1S/C17H18N4O/c1-2-13(11-22)19-17-14-7-3-4-8-15(14)20-16(21-17)12-6-5-9-18-10-12/h3-10,13,22H,2,11H2,1H3,(H,19,20,21). The van der Waals surface area contributed by atoms with E-state index in [1.807, 2.05) is 43.3 Å². The largest absolute Gasteiger partial charge is 0.394 e. The van der Waals surface area contributed by atoms with Gasteiger partial charge in [-0.1, -0.05) is 19.1 Å². The molecule has 0 aliphatic heterocycles. The normalized spacial score (nSPS) is 12.3. The van der Waals surface area contributed by atoms with E-state index < -0.39 is 0 Å². The van der Waals surface area contributed by atoms with Crippen molar-refractivity contribution in [3.63, 3.8) is 0 Å². The quantitative estimate of drug-likeness (QED) is 0.757. The second-order valence-corrected chi connectivity index (χ2v) is 5.09. The smallest absolute Gasteiger partial charge is 0.163 e. The molecule has 1 atom stereocenters. The molecule has 1 aromatic carbocycles. The first-order chi connectivity index (χ1) is 10.8. The van der Waals surface area contributed by atoms with Crippen molar-refractivity contribution in [3.8, 4) is 11.4 Å². The second-order valence-electron chi connectivity index (χ2n) is 5.09. The van der Waals surface area contributed by atoms with Gasteiger partial charge in [-0.15, -0.1) is 0 Å². The Bertz CT molecular complexity index is 757. The zero-order valence-corrected chi connectivity index (χ0v) is 12.4. The van der Waals surface area contributed by atoms with Crippen LogP contribution in [0.5, 0.6) is 0 Å². The van der Waals surface area contributed by atoms with Crippen molar-refractivity contribution in [2.24, 2.45) is 0 Å². The van der Waals surface area contributed by atoms with Gasteiger partial charge in [-0.25, -0.2) is 9.97 Å². The lowest BCUT2D eigenvalue weighted by atomic mass is 10.2. The molecule has 0 saturated carbocycles. The first kappa shape index (κ1) is 14.4. The fraction of sp³-hybridized carbons (Fsp3) is 0.235. The molecular formula is C17H18N4O. The molecule has 0 amide bonds. The van der Waals surface area contributed by atoms with Gasteiger partial charge in [0.05, 0.1) is 18.2 Å². The van der Waals surface area contributed by atoms with Crippen LogP contribution in [0.4, 0.5) is 5.82 Å². The molecule has 5 nitrogen and oxygen atoms in total. The Morgan fingerprint density at radius 3 is 2.73 bits per heavy atom. The summed E-state index contributed by atoms with van der Waals surface area (Å²) in [6, 6.07) is 11.6. The number of rotatable bonds is 5. The fourth-order valence-electron chi connectivity index (χ4n) is 2.28. The van der Waals surface area contributed by atoms with E-state index in [-0.39, 0.29) is 12.6 Å². The molecule has 3 aromatic rings. The van der Waals surface area contributed by atoms with E-state index in [4.69, 9.17) is 0 Å². The Labute approximate surface area is 129 Å². The summed E-state index contributed by atoms with van der Waals surface area (Å²) in [7, 11) is 0. The molecule has 0 aliphatic carbocycles. The molecule has 22 heavy (non-hydrogen) atoms. The molecule has 2 heterocycles. The van der Waals surface area contributed by atoms with Crippen LogP contribution in [0.1, 0.15) is 13.3 Å². The lowest BCUT2D eigenvalue weighted by Gasteiger charge is -2.17. The summed E-state index contributed by atoms with van der Waals surface area (Å²) in [5.41, 5.74) is 1.74. The van der Waals surface area contributed by atoms with Gasteiger partial charge < -0.3 is 10.4 Å². The molecule has 112 valence electrons. The monoisotopic (exact) mass is 294 g/mol. The van der Waals surface area contributed by atoms with Crippen LogP contribution < -0.4 is 5.32 Å². The van der Waals surface area contributed by atoms with E-state index in [9.17, 15) is 5.11 Å². The van der Waals surface area contributed by atoms with E-state index in [1.54, 1.807) is 12.4 Å². The zero-order chi connectivity index (χ0) is 15.4. The van der Waals surface area contributed by atoms with Crippen molar-refractivity contribution in [3.05, 3.63) is 48.8 Å². The Kier molecular flexibility index (Phi) is 4.25. The Morgan fingerprint density at radius 1 is 1.14 bits per heavy atom.